The molecule has 0 bridgehead atoms. The molecule has 1 N–H and O–H groups in total. The average molecular weight is 435 g/mol. The SMILES string of the molecule is CCc1ccc(CN2C[C@H](n3cnnn3)C[C@H]2C(=O)NCCc2ccccc2OC)cc1. The molecule has 1 saturated heterocycles. The van der Waals surface area contributed by atoms with Gasteiger partial charge in [0, 0.05) is 19.6 Å². The predicted molar refractivity (Wildman–Crippen MR) is 121 cm³/mol. The first-order valence-electron chi connectivity index (χ1n) is 11.1. The fraction of sp³-hybridized carbons (Fsp3) is 0.417. The van der Waals surface area contributed by atoms with E-state index in [4.69, 9.17) is 4.74 Å². The lowest BCUT2D eigenvalue weighted by Crippen LogP contribution is -2.43. The molecule has 0 spiro atoms. The number of hydrogen-bond donors (Lipinski definition) is 1. The van der Waals surface area contributed by atoms with Crippen molar-refractivity contribution in [1.82, 2.24) is 30.4 Å². The second-order valence-corrected chi connectivity index (χ2v) is 8.15. The van der Waals surface area contributed by atoms with Gasteiger partial charge in [0.05, 0.1) is 19.2 Å². The van der Waals surface area contributed by atoms with Gasteiger partial charge in [-0.1, -0.05) is 49.4 Å². The van der Waals surface area contributed by atoms with Gasteiger partial charge in [0.1, 0.15) is 12.1 Å². The molecule has 168 valence electrons. The Labute approximate surface area is 188 Å². The van der Waals surface area contributed by atoms with Gasteiger partial charge in [0.25, 0.3) is 0 Å². The fourth-order valence-corrected chi connectivity index (χ4v) is 4.32. The molecule has 1 amide bonds. The number of amides is 1. The maximum atomic E-state index is 13.2. The van der Waals surface area contributed by atoms with Gasteiger partial charge >= 0.3 is 0 Å². The Hall–Kier alpha value is -3.26. The number of aromatic nitrogens is 4. The van der Waals surface area contributed by atoms with Crippen LogP contribution in [-0.2, 0) is 24.2 Å². The van der Waals surface area contributed by atoms with Crippen LogP contribution in [0.3, 0.4) is 0 Å². The minimum absolute atomic E-state index is 0.0423. The zero-order chi connectivity index (χ0) is 22.3. The van der Waals surface area contributed by atoms with Crippen LogP contribution in [0.2, 0.25) is 0 Å². The van der Waals surface area contributed by atoms with Crippen molar-refractivity contribution in [1.29, 1.82) is 0 Å². The number of carbonyl (C=O) groups is 1. The first kappa shape index (κ1) is 22.0. The molecule has 8 nitrogen and oxygen atoms in total. The fourth-order valence-electron chi connectivity index (χ4n) is 4.32. The summed E-state index contributed by atoms with van der Waals surface area (Å²) in [4.78, 5) is 15.4. The Morgan fingerprint density at radius 2 is 1.94 bits per heavy atom. The number of benzene rings is 2. The van der Waals surface area contributed by atoms with E-state index in [1.165, 1.54) is 11.1 Å². The molecular formula is C24H30N6O2. The van der Waals surface area contributed by atoms with E-state index >= 15 is 0 Å². The molecular weight excluding hydrogens is 404 g/mol. The largest absolute Gasteiger partial charge is 0.496 e. The van der Waals surface area contributed by atoms with Crippen molar-refractivity contribution in [3.63, 3.8) is 0 Å². The van der Waals surface area contributed by atoms with E-state index in [1.54, 1.807) is 18.1 Å². The van der Waals surface area contributed by atoms with E-state index in [0.717, 1.165) is 30.7 Å². The summed E-state index contributed by atoms with van der Waals surface area (Å²) in [5.41, 5.74) is 3.60. The standard InChI is InChI=1S/C24H30N6O2/c1-3-18-8-10-19(11-9-18)15-29-16-21(30-17-26-27-28-30)14-22(29)24(31)25-13-12-20-6-4-5-7-23(20)32-2/h4-11,17,21-22H,3,12-16H2,1-2H3,(H,25,31)/t21-,22+/m1/s1. The third-order valence-electron chi connectivity index (χ3n) is 6.13. The highest BCUT2D eigenvalue weighted by Gasteiger charge is 2.38. The Bertz CT molecular complexity index is 1010. The highest BCUT2D eigenvalue weighted by molar-refractivity contribution is 5.82. The van der Waals surface area contributed by atoms with Crippen LogP contribution in [0, 0.1) is 0 Å². The molecule has 2 aromatic carbocycles. The van der Waals surface area contributed by atoms with Crippen molar-refractivity contribution in [2.45, 2.75) is 44.8 Å². The van der Waals surface area contributed by atoms with Crippen LogP contribution in [0.4, 0.5) is 0 Å². The molecule has 0 unspecified atom stereocenters. The number of tetrazole rings is 1. The minimum atomic E-state index is -0.229. The van der Waals surface area contributed by atoms with E-state index in [9.17, 15) is 4.79 Å². The summed E-state index contributed by atoms with van der Waals surface area (Å²) >= 11 is 0. The lowest BCUT2D eigenvalue weighted by Gasteiger charge is -2.23. The first-order chi connectivity index (χ1) is 15.7. The molecule has 3 aromatic rings. The van der Waals surface area contributed by atoms with Crippen LogP contribution < -0.4 is 10.1 Å². The highest BCUT2D eigenvalue weighted by Crippen LogP contribution is 2.28. The van der Waals surface area contributed by atoms with Crippen LogP contribution in [0.25, 0.3) is 0 Å². The highest BCUT2D eigenvalue weighted by atomic mass is 16.5. The molecule has 1 aliphatic heterocycles. The summed E-state index contributed by atoms with van der Waals surface area (Å²) in [6.07, 6.45) is 4.04. The zero-order valence-electron chi connectivity index (χ0n) is 18.6. The molecule has 4 rings (SSSR count). The number of nitrogens with one attached hydrogen (secondary N) is 1. The molecule has 1 aromatic heterocycles. The monoisotopic (exact) mass is 434 g/mol. The summed E-state index contributed by atoms with van der Waals surface area (Å²) in [5, 5.41) is 14.7. The smallest absolute Gasteiger partial charge is 0.237 e. The molecule has 0 radical (unpaired) electrons. The lowest BCUT2D eigenvalue weighted by atomic mass is 10.1. The number of methoxy groups -OCH3 is 1. The van der Waals surface area contributed by atoms with Crippen molar-refractivity contribution in [2.24, 2.45) is 0 Å². The lowest BCUT2D eigenvalue weighted by molar-refractivity contribution is -0.125. The number of ether oxygens (including phenoxy) is 1. The Kier molecular flexibility index (Phi) is 7.11. The number of aryl methyl sites for hydroxylation is 1. The summed E-state index contributed by atoms with van der Waals surface area (Å²) in [5.74, 6) is 0.888. The summed E-state index contributed by atoms with van der Waals surface area (Å²) < 4.78 is 7.17. The van der Waals surface area contributed by atoms with Gasteiger partial charge in [0.2, 0.25) is 5.91 Å². The molecule has 1 aliphatic rings. The first-order valence-corrected chi connectivity index (χ1v) is 11.1. The summed E-state index contributed by atoms with van der Waals surface area (Å²) in [6.45, 7) is 4.15. The number of carbonyl (C=O) groups excluding carboxylic acids is 1. The number of para-hydroxylation sites is 1. The molecule has 0 saturated carbocycles. The van der Waals surface area contributed by atoms with Gasteiger partial charge in [-0.3, -0.25) is 9.69 Å². The molecule has 8 heteroatoms. The van der Waals surface area contributed by atoms with E-state index in [0.29, 0.717) is 19.5 Å². The second kappa shape index (κ2) is 10.4. The van der Waals surface area contributed by atoms with Crippen molar-refractivity contribution in [3.05, 3.63) is 71.5 Å². The van der Waals surface area contributed by atoms with E-state index in [-0.39, 0.29) is 18.0 Å². The number of likely N-dealkylation sites (tertiary alicyclic amines) is 1. The molecule has 32 heavy (non-hydrogen) atoms. The van der Waals surface area contributed by atoms with E-state index in [1.807, 2.05) is 24.3 Å². The van der Waals surface area contributed by atoms with Crippen LogP contribution in [0.15, 0.2) is 54.9 Å². The molecule has 1 fully saturated rings. The van der Waals surface area contributed by atoms with E-state index in [2.05, 4.69) is 56.9 Å². The third-order valence-corrected chi connectivity index (χ3v) is 6.13. The topological polar surface area (TPSA) is 85.2 Å². The zero-order valence-corrected chi connectivity index (χ0v) is 18.6. The molecule has 0 aliphatic carbocycles. The Morgan fingerprint density at radius 3 is 2.66 bits per heavy atom. The molecule has 2 heterocycles. The van der Waals surface area contributed by atoms with Crippen LogP contribution >= 0.6 is 0 Å². The van der Waals surface area contributed by atoms with Crippen molar-refractivity contribution in [3.8, 4) is 5.75 Å². The van der Waals surface area contributed by atoms with Gasteiger partial charge in [-0.25, -0.2) is 4.68 Å². The van der Waals surface area contributed by atoms with Gasteiger partial charge in [-0.15, -0.1) is 5.10 Å². The van der Waals surface area contributed by atoms with Crippen molar-refractivity contribution in [2.75, 3.05) is 20.2 Å². The maximum Gasteiger partial charge on any atom is 0.237 e. The van der Waals surface area contributed by atoms with Gasteiger partial charge in [-0.2, -0.15) is 0 Å². The third kappa shape index (κ3) is 5.13. The van der Waals surface area contributed by atoms with Gasteiger partial charge < -0.3 is 10.1 Å². The van der Waals surface area contributed by atoms with Crippen molar-refractivity contribution >= 4 is 5.91 Å². The summed E-state index contributed by atoms with van der Waals surface area (Å²) in [6, 6.07) is 16.4. The van der Waals surface area contributed by atoms with Crippen molar-refractivity contribution < 1.29 is 9.53 Å². The second-order valence-electron chi connectivity index (χ2n) is 8.15. The van der Waals surface area contributed by atoms with Gasteiger partial charge in [0.15, 0.2) is 0 Å². The Morgan fingerprint density at radius 1 is 1.16 bits per heavy atom. The predicted octanol–water partition coefficient (Wildman–Crippen LogP) is 2.42. The number of hydrogen-bond acceptors (Lipinski definition) is 6. The van der Waals surface area contributed by atoms with Crippen LogP contribution in [-0.4, -0.2) is 57.3 Å². The number of nitrogens with zero attached hydrogens (tertiary/aromatic N) is 5. The van der Waals surface area contributed by atoms with Crippen LogP contribution in [0.1, 0.15) is 36.1 Å². The molecule has 2 atom stereocenters. The number of rotatable bonds is 9. The minimum Gasteiger partial charge on any atom is -0.496 e. The summed E-state index contributed by atoms with van der Waals surface area (Å²) in [7, 11) is 1.67. The van der Waals surface area contributed by atoms with Gasteiger partial charge in [-0.05, 0) is 52.4 Å². The quantitative estimate of drug-likeness (QED) is 0.557. The average Bonchev–Trinajstić information content (AvgIpc) is 3.50. The maximum absolute atomic E-state index is 13.2. The van der Waals surface area contributed by atoms with Crippen LogP contribution in [0.5, 0.6) is 5.75 Å². The normalized spacial score (nSPS) is 18.6. The van der Waals surface area contributed by atoms with E-state index < -0.39 is 0 Å². The Balaban J connectivity index is 1.42.